The fourth-order valence-electron chi connectivity index (χ4n) is 5.29. The molecule has 0 spiro atoms. The number of hydrogen-bond donors (Lipinski definition) is 4. The van der Waals surface area contributed by atoms with Gasteiger partial charge in [-0.2, -0.15) is 0 Å². The first kappa shape index (κ1) is 26.1. The molecule has 4 N–H and O–H groups in total. The van der Waals surface area contributed by atoms with Crippen LogP contribution in [-0.2, 0) is 25.4 Å². The van der Waals surface area contributed by atoms with Gasteiger partial charge in [-0.3, -0.25) is 0 Å². The van der Waals surface area contributed by atoms with Crippen molar-refractivity contribution in [3.8, 4) is 0 Å². The number of carbonyl (C=O) groups excluding carboxylic acids is 1. The standard InChI is InChI=1S/C25H38O8/c1-15(2)20-16(3)8-7-11-18(20)32-24(30)25(31-13-12-17-9-5-4-6-10-17)23(29)22(28)21(27)19(14-26)33-25/h4-6,9-10,15-16,18-23,26-29H,7-8,11-14H2,1-3H3/t16?,18?,19-,20?,21-,22+,23-,25+/m1/s1. The highest BCUT2D eigenvalue weighted by atomic mass is 16.8. The van der Waals surface area contributed by atoms with Crippen LogP contribution < -0.4 is 0 Å². The number of rotatable bonds is 8. The van der Waals surface area contributed by atoms with Crippen LogP contribution in [0.3, 0.4) is 0 Å². The molecule has 3 unspecified atom stereocenters. The monoisotopic (exact) mass is 466 g/mol. The average Bonchev–Trinajstić information content (AvgIpc) is 2.79. The Morgan fingerprint density at radius 3 is 2.48 bits per heavy atom. The highest BCUT2D eigenvalue weighted by Gasteiger charge is 2.61. The molecule has 0 aromatic heterocycles. The Labute approximate surface area is 195 Å². The summed E-state index contributed by atoms with van der Waals surface area (Å²) in [6.45, 7) is 5.65. The van der Waals surface area contributed by atoms with Gasteiger partial charge in [0.2, 0.25) is 0 Å². The summed E-state index contributed by atoms with van der Waals surface area (Å²) in [5.74, 6) is -2.53. The number of hydrogen-bond acceptors (Lipinski definition) is 8. The van der Waals surface area contributed by atoms with Crippen molar-refractivity contribution >= 4 is 5.97 Å². The van der Waals surface area contributed by atoms with E-state index in [0.29, 0.717) is 18.8 Å². The molecule has 1 saturated carbocycles. The molecule has 8 nitrogen and oxygen atoms in total. The van der Waals surface area contributed by atoms with E-state index in [-0.39, 0.29) is 24.5 Å². The number of benzene rings is 1. The molecule has 0 amide bonds. The highest BCUT2D eigenvalue weighted by molar-refractivity contribution is 5.79. The summed E-state index contributed by atoms with van der Waals surface area (Å²) in [5, 5.41) is 41.2. The zero-order chi connectivity index (χ0) is 24.2. The number of aliphatic hydroxyl groups is 4. The molecule has 1 saturated heterocycles. The smallest absolute Gasteiger partial charge is 0.370 e. The molecule has 1 aromatic carbocycles. The summed E-state index contributed by atoms with van der Waals surface area (Å²) in [6, 6.07) is 9.45. The zero-order valence-corrected chi connectivity index (χ0v) is 19.7. The zero-order valence-electron chi connectivity index (χ0n) is 19.7. The van der Waals surface area contributed by atoms with Crippen molar-refractivity contribution in [2.75, 3.05) is 13.2 Å². The van der Waals surface area contributed by atoms with Crippen molar-refractivity contribution in [2.45, 2.75) is 82.8 Å². The second-order valence-corrected chi connectivity index (χ2v) is 9.69. The molecule has 33 heavy (non-hydrogen) atoms. The van der Waals surface area contributed by atoms with E-state index in [1.165, 1.54) is 0 Å². The van der Waals surface area contributed by atoms with Gasteiger partial charge in [0.25, 0.3) is 5.79 Å². The maximum Gasteiger partial charge on any atom is 0.370 e. The summed E-state index contributed by atoms with van der Waals surface area (Å²) in [7, 11) is 0. The summed E-state index contributed by atoms with van der Waals surface area (Å²) in [4.78, 5) is 13.5. The Morgan fingerprint density at radius 2 is 1.85 bits per heavy atom. The van der Waals surface area contributed by atoms with Crippen LogP contribution >= 0.6 is 0 Å². The van der Waals surface area contributed by atoms with E-state index < -0.39 is 42.8 Å². The first-order chi connectivity index (χ1) is 15.7. The normalized spacial score (nSPS) is 37.2. The van der Waals surface area contributed by atoms with Crippen LogP contribution in [0, 0.1) is 17.8 Å². The van der Waals surface area contributed by atoms with E-state index in [2.05, 4.69) is 20.8 Å². The van der Waals surface area contributed by atoms with Crippen molar-refractivity contribution in [3.63, 3.8) is 0 Å². The second-order valence-electron chi connectivity index (χ2n) is 9.69. The van der Waals surface area contributed by atoms with Crippen LogP contribution in [0.1, 0.15) is 45.6 Å². The lowest BCUT2D eigenvalue weighted by Crippen LogP contribution is -2.70. The van der Waals surface area contributed by atoms with Crippen LogP contribution in [0.5, 0.6) is 0 Å². The molecule has 0 bridgehead atoms. The van der Waals surface area contributed by atoms with Gasteiger partial charge in [0, 0.05) is 5.92 Å². The number of esters is 1. The average molecular weight is 467 g/mol. The van der Waals surface area contributed by atoms with E-state index in [0.717, 1.165) is 18.4 Å². The molecule has 8 atom stereocenters. The van der Waals surface area contributed by atoms with Gasteiger partial charge in [-0.15, -0.1) is 0 Å². The molecular weight excluding hydrogens is 428 g/mol. The van der Waals surface area contributed by atoms with Crippen LogP contribution in [0.15, 0.2) is 30.3 Å². The van der Waals surface area contributed by atoms with E-state index in [1.807, 2.05) is 30.3 Å². The number of ether oxygens (including phenoxy) is 3. The summed E-state index contributed by atoms with van der Waals surface area (Å²) in [6.07, 6.45) is -3.87. The predicted octanol–water partition coefficient (Wildman–Crippen LogP) is 1.42. The van der Waals surface area contributed by atoms with Crippen molar-refractivity contribution in [3.05, 3.63) is 35.9 Å². The predicted molar refractivity (Wildman–Crippen MR) is 120 cm³/mol. The molecule has 0 radical (unpaired) electrons. The van der Waals surface area contributed by atoms with Crippen LogP contribution in [-0.4, -0.2) is 75.9 Å². The lowest BCUT2D eigenvalue weighted by Gasteiger charge is -2.47. The van der Waals surface area contributed by atoms with E-state index in [1.54, 1.807) is 0 Å². The van der Waals surface area contributed by atoms with Crippen molar-refractivity contribution in [1.82, 2.24) is 0 Å². The third kappa shape index (κ3) is 5.58. The van der Waals surface area contributed by atoms with Crippen molar-refractivity contribution in [1.29, 1.82) is 0 Å². The largest absolute Gasteiger partial charge is 0.458 e. The molecule has 1 aromatic rings. The molecular formula is C25H38O8. The molecule has 8 heteroatoms. The van der Waals surface area contributed by atoms with Gasteiger partial charge in [-0.1, -0.05) is 57.5 Å². The molecule has 2 fully saturated rings. The lowest BCUT2D eigenvalue weighted by molar-refractivity contribution is -0.355. The lowest BCUT2D eigenvalue weighted by atomic mass is 9.72. The second kappa shape index (κ2) is 11.3. The fraction of sp³-hybridized carbons (Fsp3) is 0.720. The van der Waals surface area contributed by atoms with Gasteiger partial charge in [0.1, 0.15) is 30.5 Å². The summed E-state index contributed by atoms with van der Waals surface area (Å²) < 4.78 is 17.4. The van der Waals surface area contributed by atoms with Crippen LogP contribution in [0.25, 0.3) is 0 Å². The SMILES string of the molecule is CC(C)C1C(C)CCCC1OC(=O)[C@@]1(OCCc2ccccc2)O[C@H](CO)[C@@H](O)[C@H](O)[C@H]1O. The maximum absolute atomic E-state index is 13.5. The first-order valence-corrected chi connectivity index (χ1v) is 11.9. The molecule has 2 aliphatic rings. The van der Waals surface area contributed by atoms with Gasteiger partial charge >= 0.3 is 5.97 Å². The van der Waals surface area contributed by atoms with Gasteiger partial charge in [0.05, 0.1) is 13.2 Å². The maximum atomic E-state index is 13.5. The minimum absolute atomic E-state index is 0.00812. The first-order valence-electron chi connectivity index (χ1n) is 11.9. The van der Waals surface area contributed by atoms with Gasteiger partial charge in [-0.05, 0) is 36.7 Å². The minimum atomic E-state index is -2.36. The molecule has 3 rings (SSSR count). The molecule has 1 aliphatic carbocycles. The van der Waals surface area contributed by atoms with Gasteiger partial charge in [0.15, 0.2) is 0 Å². The number of carbonyl (C=O) groups is 1. The van der Waals surface area contributed by atoms with E-state index in [4.69, 9.17) is 14.2 Å². The van der Waals surface area contributed by atoms with Crippen molar-refractivity contribution < 1.29 is 39.4 Å². The molecule has 1 aliphatic heterocycles. The van der Waals surface area contributed by atoms with Crippen LogP contribution in [0.4, 0.5) is 0 Å². The molecule has 1 heterocycles. The van der Waals surface area contributed by atoms with E-state index >= 15 is 0 Å². The topological polar surface area (TPSA) is 126 Å². The third-order valence-corrected chi connectivity index (χ3v) is 7.05. The van der Waals surface area contributed by atoms with Gasteiger partial charge < -0.3 is 34.6 Å². The Balaban J connectivity index is 1.84. The highest BCUT2D eigenvalue weighted by Crippen LogP contribution is 2.39. The fourth-order valence-corrected chi connectivity index (χ4v) is 5.29. The van der Waals surface area contributed by atoms with Gasteiger partial charge in [-0.25, -0.2) is 4.79 Å². The Bertz CT molecular complexity index is 754. The number of aliphatic hydroxyl groups excluding tert-OH is 4. The minimum Gasteiger partial charge on any atom is -0.458 e. The Kier molecular flexibility index (Phi) is 8.89. The van der Waals surface area contributed by atoms with Crippen molar-refractivity contribution in [2.24, 2.45) is 17.8 Å². The van der Waals surface area contributed by atoms with Crippen LogP contribution in [0.2, 0.25) is 0 Å². The molecule has 186 valence electrons. The summed E-state index contributed by atoms with van der Waals surface area (Å²) >= 11 is 0. The van der Waals surface area contributed by atoms with E-state index in [9.17, 15) is 25.2 Å². The quantitative estimate of drug-likeness (QED) is 0.424. The Morgan fingerprint density at radius 1 is 1.15 bits per heavy atom. The summed E-state index contributed by atoms with van der Waals surface area (Å²) in [5.41, 5.74) is 0.951. The third-order valence-electron chi connectivity index (χ3n) is 7.05. The Hall–Kier alpha value is -1.55.